The Hall–Kier alpha value is -1.22. The maximum atomic E-state index is 9.52. The molecule has 8 nitrogen and oxygen atoms in total. The second-order valence-electron chi connectivity index (χ2n) is 2.07. The third-order valence-electron chi connectivity index (χ3n) is 0.916. The molecule has 0 spiro atoms. The van der Waals surface area contributed by atoms with Crippen molar-refractivity contribution in [3.05, 3.63) is 0 Å². The average Bonchev–Trinajstić information content (AvgIpc) is 2.15. The van der Waals surface area contributed by atoms with Gasteiger partial charge in [0.15, 0.2) is 12.2 Å². The van der Waals surface area contributed by atoms with E-state index in [1.807, 2.05) is 0 Å². The van der Waals surface area contributed by atoms with E-state index in [-0.39, 0.29) is 0 Å². The summed E-state index contributed by atoms with van der Waals surface area (Å²) in [6.45, 7) is -1.45. The van der Waals surface area contributed by atoms with Crippen molar-refractivity contribution >= 4 is 11.9 Å². The molecule has 0 aliphatic carbocycles. The van der Waals surface area contributed by atoms with Crippen LogP contribution in [0.25, 0.3) is 0 Å². The topological polar surface area (TPSA) is 156 Å². The van der Waals surface area contributed by atoms with E-state index in [2.05, 4.69) is 0 Å². The van der Waals surface area contributed by atoms with Crippen LogP contribution in [0, 0.1) is 0 Å². The van der Waals surface area contributed by atoms with Crippen molar-refractivity contribution in [3.8, 4) is 0 Å². The molecule has 14 heavy (non-hydrogen) atoms. The van der Waals surface area contributed by atoms with E-state index in [1.54, 1.807) is 0 Å². The number of aliphatic hydroxyl groups is 4. The van der Waals surface area contributed by atoms with Gasteiger partial charge in [0, 0.05) is 0 Å². The molecule has 0 saturated heterocycles. The third kappa shape index (κ3) is 8.87. The zero-order valence-electron chi connectivity index (χ0n) is 7.07. The van der Waals surface area contributed by atoms with Crippen LogP contribution < -0.4 is 0 Å². The first-order valence-corrected chi connectivity index (χ1v) is 3.40. The summed E-state index contributed by atoms with van der Waals surface area (Å²) >= 11 is 0. The first kappa shape index (κ1) is 15.3. The Morgan fingerprint density at radius 3 is 1.07 bits per heavy atom. The Balaban J connectivity index is 0. The fourth-order valence-electron chi connectivity index (χ4n) is 0.156. The molecule has 2 atom stereocenters. The largest absolute Gasteiger partial charge is 0.479 e. The molecule has 0 rings (SSSR count). The van der Waals surface area contributed by atoms with Gasteiger partial charge >= 0.3 is 11.9 Å². The van der Waals surface area contributed by atoms with Crippen LogP contribution in [-0.4, -0.2) is 68.0 Å². The zero-order valence-corrected chi connectivity index (χ0v) is 7.07. The molecule has 0 amide bonds. The third-order valence-corrected chi connectivity index (χ3v) is 0.916. The molecule has 6 N–H and O–H groups in total. The molecular weight excluding hydrogens is 200 g/mol. The summed E-state index contributed by atoms with van der Waals surface area (Å²) in [6, 6.07) is 0. The van der Waals surface area contributed by atoms with Gasteiger partial charge in [0.1, 0.15) is 0 Å². The van der Waals surface area contributed by atoms with Crippen molar-refractivity contribution in [2.24, 2.45) is 0 Å². The summed E-state index contributed by atoms with van der Waals surface area (Å²) in [6.07, 6.45) is -3.25. The van der Waals surface area contributed by atoms with Crippen molar-refractivity contribution in [3.63, 3.8) is 0 Å². The predicted molar refractivity (Wildman–Crippen MR) is 41.5 cm³/mol. The minimum atomic E-state index is -1.63. The molecule has 0 fully saturated rings. The number of carbonyl (C=O) groups is 2. The molecule has 8 heteroatoms. The molecule has 0 heterocycles. The van der Waals surface area contributed by atoms with Crippen LogP contribution in [0.2, 0.25) is 0 Å². The van der Waals surface area contributed by atoms with E-state index >= 15 is 0 Å². The number of carboxylic acid groups (broad SMARTS) is 2. The molecule has 0 saturated carbocycles. The quantitative estimate of drug-likeness (QED) is 0.285. The Morgan fingerprint density at radius 1 is 0.857 bits per heavy atom. The van der Waals surface area contributed by atoms with Gasteiger partial charge in [-0.3, -0.25) is 0 Å². The van der Waals surface area contributed by atoms with Gasteiger partial charge in [0.05, 0.1) is 13.2 Å². The summed E-state index contributed by atoms with van der Waals surface area (Å²) in [4.78, 5) is 19.0. The van der Waals surface area contributed by atoms with Crippen LogP contribution >= 0.6 is 0 Å². The Morgan fingerprint density at radius 2 is 1.07 bits per heavy atom. The standard InChI is InChI=1S/2C3H6O4/c2*4-1-2(5)3(6)7/h2*2,4-5H,1H2,(H,6,7)/t2-;/m1./s1. The minimum absolute atomic E-state index is 0.727. The van der Waals surface area contributed by atoms with Crippen molar-refractivity contribution in [1.29, 1.82) is 0 Å². The molecule has 0 aromatic rings. The number of rotatable bonds is 4. The highest BCUT2D eigenvalue weighted by atomic mass is 16.4. The molecule has 1 unspecified atom stereocenters. The van der Waals surface area contributed by atoms with Crippen molar-refractivity contribution in [2.75, 3.05) is 13.2 Å². The number of hydrogen-bond donors (Lipinski definition) is 6. The van der Waals surface area contributed by atoms with E-state index < -0.39 is 37.4 Å². The lowest BCUT2D eigenvalue weighted by Crippen LogP contribution is -2.22. The lowest BCUT2D eigenvalue weighted by atomic mass is 10.4. The van der Waals surface area contributed by atoms with Gasteiger partial charge in [0.25, 0.3) is 0 Å². The Labute approximate surface area is 78.7 Å². The van der Waals surface area contributed by atoms with Gasteiger partial charge in [-0.05, 0) is 0 Å². The highest BCUT2D eigenvalue weighted by Crippen LogP contribution is 1.76. The van der Waals surface area contributed by atoms with Gasteiger partial charge in [0.2, 0.25) is 0 Å². The number of carboxylic acids is 2. The van der Waals surface area contributed by atoms with Crippen LogP contribution in [0.15, 0.2) is 0 Å². The molecule has 0 aliphatic heterocycles. The van der Waals surface area contributed by atoms with E-state index in [9.17, 15) is 9.59 Å². The van der Waals surface area contributed by atoms with E-state index in [4.69, 9.17) is 30.6 Å². The van der Waals surface area contributed by atoms with Crippen LogP contribution in [-0.2, 0) is 9.59 Å². The van der Waals surface area contributed by atoms with Gasteiger partial charge in [-0.25, -0.2) is 9.59 Å². The Bertz CT molecular complexity index is 159. The fraction of sp³-hybridized carbons (Fsp3) is 0.667. The van der Waals surface area contributed by atoms with Gasteiger partial charge in [-0.1, -0.05) is 0 Å². The van der Waals surface area contributed by atoms with E-state index in [0.717, 1.165) is 0 Å². The van der Waals surface area contributed by atoms with Gasteiger partial charge in [-0.2, -0.15) is 0 Å². The summed E-state index contributed by atoms with van der Waals surface area (Å²) in [7, 11) is 0. The molecule has 84 valence electrons. The summed E-state index contributed by atoms with van der Waals surface area (Å²) < 4.78 is 0. The lowest BCUT2D eigenvalue weighted by Gasteiger charge is -1.95. The summed E-state index contributed by atoms with van der Waals surface area (Å²) in [5.74, 6) is -2.80. The van der Waals surface area contributed by atoms with Crippen molar-refractivity contribution in [2.45, 2.75) is 12.2 Å². The maximum absolute atomic E-state index is 9.52. The van der Waals surface area contributed by atoms with Crippen molar-refractivity contribution < 1.29 is 40.2 Å². The highest BCUT2D eigenvalue weighted by Gasteiger charge is 2.09. The average molecular weight is 212 g/mol. The van der Waals surface area contributed by atoms with Crippen LogP contribution in [0.1, 0.15) is 0 Å². The molecular formula is C6H12O8. The smallest absolute Gasteiger partial charge is 0.334 e. The second kappa shape index (κ2) is 8.38. The van der Waals surface area contributed by atoms with Crippen LogP contribution in [0.4, 0.5) is 0 Å². The van der Waals surface area contributed by atoms with Crippen LogP contribution in [0.3, 0.4) is 0 Å². The summed E-state index contributed by atoms with van der Waals surface area (Å²) in [5, 5.41) is 47.5. The fourth-order valence-corrected chi connectivity index (χ4v) is 0.156. The van der Waals surface area contributed by atoms with E-state index in [1.165, 1.54) is 0 Å². The molecule has 0 aliphatic rings. The van der Waals surface area contributed by atoms with E-state index in [0.29, 0.717) is 0 Å². The normalized spacial score (nSPS) is 13.4. The van der Waals surface area contributed by atoms with Crippen molar-refractivity contribution in [1.82, 2.24) is 0 Å². The SMILES string of the molecule is O=C(O)C(O)CO.O=C(O)[C@H](O)CO. The lowest BCUT2D eigenvalue weighted by molar-refractivity contribution is -0.149. The molecule has 0 radical (unpaired) electrons. The Kier molecular flexibility index (Phi) is 9.14. The minimum Gasteiger partial charge on any atom is -0.479 e. The summed E-state index contributed by atoms with van der Waals surface area (Å²) in [5.41, 5.74) is 0. The first-order chi connectivity index (χ1) is 6.36. The number of aliphatic hydroxyl groups excluding tert-OH is 4. The maximum Gasteiger partial charge on any atom is 0.334 e. The monoisotopic (exact) mass is 212 g/mol. The number of aliphatic carboxylic acids is 2. The molecule has 0 aromatic carbocycles. The zero-order chi connectivity index (χ0) is 11.7. The molecule has 0 bridgehead atoms. The van der Waals surface area contributed by atoms with Gasteiger partial charge < -0.3 is 30.6 Å². The first-order valence-electron chi connectivity index (χ1n) is 3.40. The molecule has 0 aromatic heterocycles. The highest BCUT2D eigenvalue weighted by molar-refractivity contribution is 5.72. The number of hydrogen-bond acceptors (Lipinski definition) is 6. The predicted octanol–water partition coefficient (Wildman–Crippen LogP) is -3.15. The van der Waals surface area contributed by atoms with Gasteiger partial charge in [-0.15, -0.1) is 0 Å². The van der Waals surface area contributed by atoms with Crippen LogP contribution in [0.5, 0.6) is 0 Å². The second-order valence-corrected chi connectivity index (χ2v) is 2.07.